The van der Waals surface area contributed by atoms with Gasteiger partial charge in [-0.25, -0.2) is 0 Å². The van der Waals surface area contributed by atoms with E-state index >= 15 is 0 Å². The Morgan fingerprint density at radius 1 is 0.853 bits per heavy atom. The molecule has 1 amide bonds. The topological polar surface area (TPSA) is 43.8 Å². The highest BCUT2D eigenvalue weighted by Gasteiger charge is 2.55. The first-order chi connectivity index (χ1) is 16.4. The standard InChI is InChI=1S/C29H31ClN2O2/c1-31-20-25(21-32-18-16-28(34,17-19-32)22-12-14-26(30)15-13-22)29(27(31)33,23-8-4-2-5-9-23)24-10-6-3-7-11-24/h2-15,25,34H,16-21H2,1H3. The van der Waals surface area contributed by atoms with Gasteiger partial charge in [0.1, 0.15) is 5.41 Å². The largest absolute Gasteiger partial charge is 0.385 e. The summed E-state index contributed by atoms with van der Waals surface area (Å²) in [5.74, 6) is 0.265. The van der Waals surface area contributed by atoms with Crippen LogP contribution in [0, 0.1) is 5.92 Å². The maximum absolute atomic E-state index is 13.9. The number of amides is 1. The molecule has 2 aliphatic rings. The SMILES string of the molecule is CN1CC(CN2CCC(O)(c3ccc(Cl)cc3)CC2)C(c2ccccc2)(c2ccccc2)C1=O. The molecule has 0 bridgehead atoms. The van der Waals surface area contributed by atoms with Crippen molar-refractivity contribution in [3.8, 4) is 0 Å². The number of halogens is 1. The third-order valence-electron chi connectivity index (χ3n) is 7.79. The van der Waals surface area contributed by atoms with Gasteiger partial charge in [0.15, 0.2) is 0 Å². The van der Waals surface area contributed by atoms with E-state index in [1.54, 1.807) is 0 Å². The first-order valence-corrected chi connectivity index (χ1v) is 12.4. The predicted octanol–water partition coefficient (Wildman–Crippen LogP) is 4.70. The second-order valence-electron chi connectivity index (χ2n) is 9.76. The van der Waals surface area contributed by atoms with E-state index < -0.39 is 11.0 Å². The molecule has 0 saturated carbocycles. The molecule has 3 aromatic rings. The zero-order chi connectivity index (χ0) is 23.8. The van der Waals surface area contributed by atoms with Gasteiger partial charge >= 0.3 is 0 Å². The molecule has 4 nitrogen and oxygen atoms in total. The summed E-state index contributed by atoms with van der Waals surface area (Å²) in [6.45, 7) is 3.08. The van der Waals surface area contributed by atoms with E-state index in [2.05, 4.69) is 29.2 Å². The predicted molar refractivity (Wildman–Crippen MR) is 136 cm³/mol. The van der Waals surface area contributed by atoms with Crippen LogP contribution in [-0.4, -0.2) is 54.0 Å². The van der Waals surface area contributed by atoms with E-state index in [0.717, 1.165) is 36.3 Å². The Hall–Kier alpha value is -2.66. The minimum absolute atomic E-state index is 0.108. The van der Waals surface area contributed by atoms with Crippen LogP contribution in [0.2, 0.25) is 5.02 Å². The molecule has 0 aromatic heterocycles. The number of carbonyl (C=O) groups excluding carboxylic acids is 1. The van der Waals surface area contributed by atoms with Crippen molar-refractivity contribution in [3.05, 3.63) is 107 Å². The Labute approximate surface area is 206 Å². The fourth-order valence-electron chi connectivity index (χ4n) is 5.97. The maximum Gasteiger partial charge on any atom is 0.237 e. The molecule has 1 N–H and O–H groups in total. The highest BCUT2D eigenvalue weighted by molar-refractivity contribution is 6.30. The summed E-state index contributed by atoms with van der Waals surface area (Å²) in [5, 5.41) is 12.0. The Kier molecular flexibility index (Phi) is 6.24. The molecule has 2 aliphatic heterocycles. The zero-order valence-corrected chi connectivity index (χ0v) is 20.3. The normalized spacial score (nSPS) is 22.1. The van der Waals surface area contributed by atoms with Crippen LogP contribution in [0.1, 0.15) is 29.5 Å². The van der Waals surface area contributed by atoms with E-state index in [4.69, 9.17) is 11.6 Å². The van der Waals surface area contributed by atoms with Crippen LogP contribution in [0.15, 0.2) is 84.9 Å². The second kappa shape index (κ2) is 9.18. The van der Waals surface area contributed by atoms with E-state index in [0.29, 0.717) is 24.4 Å². The van der Waals surface area contributed by atoms with Gasteiger partial charge in [0.2, 0.25) is 5.91 Å². The number of likely N-dealkylation sites (tertiary alicyclic amines) is 2. The molecule has 2 saturated heterocycles. The Balaban J connectivity index is 1.43. The second-order valence-corrected chi connectivity index (χ2v) is 10.2. The maximum atomic E-state index is 13.9. The summed E-state index contributed by atoms with van der Waals surface area (Å²) in [7, 11) is 1.92. The number of nitrogens with zero attached hydrogens (tertiary/aromatic N) is 2. The van der Waals surface area contributed by atoms with Crippen LogP contribution in [0.25, 0.3) is 0 Å². The molecule has 1 unspecified atom stereocenters. The summed E-state index contributed by atoms with van der Waals surface area (Å²) < 4.78 is 0. The van der Waals surface area contributed by atoms with Gasteiger partial charge in [-0.1, -0.05) is 84.4 Å². The zero-order valence-electron chi connectivity index (χ0n) is 19.5. The third kappa shape index (κ3) is 3.94. The first-order valence-electron chi connectivity index (χ1n) is 12.0. The highest BCUT2D eigenvalue weighted by atomic mass is 35.5. The van der Waals surface area contributed by atoms with Crippen LogP contribution in [0.4, 0.5) is 0 Å². The Morgan fingerprint density at radius 3 is 1.91 bits per heavy atom. The first kappa shape index (κ1) is 23.1. The van der Waals surface area contributed by atoms with E-state index in [9.17, 15) is 9.90 Å². The lowest BCUT2D eigenvalue weighted by molar-refractivity contribution is -0.130. The van der Waals surface area contributed by atoms with Crippen LogP contribution in [0.3, 0.4) is 0 Å². The number of aliphatic hydroxyl groups is 1. The summed E-state index contributed by atoms with van der Waals surface area (Å²) >= 11 is 6.04. The molecule has 2 heterocycles. The molecule has 0 radical (unpaired) electrons. The molecular weight excluding hydrogens is 444 g/mol. The smallest absolute Gasteiger partial charge is 0.237 e. The lowest BCUT2D eigenvalue weighted by Crippen LogP contribution is -2.49. The number of benzene rings is 3. The number of carbonyl (C=O) groups is 1. The summed E-state index contributed by atoms with van der Waals surface area (Å²) in [6.07, 6.45) is 1.32. The van der Waals surface area contributed by atoms with Crippen molar-refractivity contribution in [1.82, 2.24) is 9.80 Å². The van der Waals surface area contributed by atoms with Crippen molar-refractivity contribution in [3.63, 3.8) is 0 Å². The van der Waals surface area contributed by atoms with Gasteiger partial charge < -0.3 is 14.9 Å². The van der Waals surface area contributed by atoms with E-state index in [-0.39, 0.29) is 11.8 Å². The Morgan fingerprint density at radius 2 is 1.38 bits per heavy atom. The molecule has 0 spiro atoms. The molecule has 0 aliphatic carbocycles. The Bertz CT molecular complexity index is 1090. The van der Waals surface area contributed by atoms with Gasteiger partial charge in [-0.2, -0.15) is 0 Å². The highest BCUT2D eigenvalue weighted by Crippen LogP contribution is 2.46. The minimum Gasteiger partial charge on any atom is -0.385 e. The lowest BCUT2D eigenvalue weighted by Gasteiger charge is -2.42. The van der Waals surface area contributed by atoms with Crippen molar-refractivity contribution in [1.29, 1.82) is 0 Å². The van der Waals surface area contributed by atoms with Crippen molar-refractivity contribution in [2.24, 2.45) is 5.92 Å². The summed E-state index contributed by atoms with van der Waals surface area (Å²) in [6, 6.07) is 28.0. The van der Waals surface area contributed by atoms with Crippen LogP contribution in [-0.2, 0) is 15.8 Å². The lowest BCUT2D eigenvalue weighted by atomic mass is 9.67. The minimum atomic E-state index is -0.834. The molecule has 3 aromatic carbocycles. The van der Waals surface area contributed by atoms with Gasteiger partial charge in [0.25, 0.3) is 0 Å². The van der Waals surface area contributed by atoms with E-state index in [1.165, 1.54) is 0 Å². The molecule has 5 heteroatoms. The average molecular weight is 475 g/mol. The van der Waals surface area contributed by atoms with Gasteiger partial charge in [-0.05, 0) is 41.7 Å². The number of piperidine rings is 1. The molecule has 2 fully saturated rings. The van der Waals surface area contributed by atoms with Crippen molar-refractivity contribution >= 4 is 17.5 Å². The molecular formula is C29H31ClN2O2. The molecule has 1 atom stereocenters. The van der Waals surface area contributed by atoms with Crippen LogP contribution >= 0.6 is 11.6 Å². The molecule has 34 heavy (non-hydrogen) atoms. The van der Waals surface area contributed by atoms with Crippen molar-refractivity contribution < 1.29 is 9.90 Å². The number of likely N-dealkylation sites (N-methyl/N-ethyl adjacent to an activating group) is 1. The van der Waals surface area contributed by atoms with Crippen LogP contribution < -0.4 is 0 Å². The number of rotatable bonds is 5. The van der Waals surface area contributed by atoms with Crippen molar-refractivity contribution in [2.45, 2.75) is 23.9 Å². The monoisotopic (exact) mass is 474 g/mol. The van der Waals surface area contributed by atoms with Gasteiger partial charge in [-0.3, -0.25) is 4.79 Å². The quantitative estimate of drug-likeness (QED) is 0.583. The summed E-state index contributed by atoms with van der Waals surface area (Å²) in [4.78, 5) is 18.2. The van der Waals surface area contributed by atoms with Gasteiger partial charge in [0.05, 0.1) is 5.60 Å². The van der Waals surface area contributed by atoms with Gasteiger partial charge in [0, 0.05) is 44.2 Å². The fraction of sp³-hybridized carbons (Fsp3) is 0.345. The number of hydrogen-bond acceptors (Lipinski definition) is 3. The van der Waals surface area contributed by atoms with E-state index in [1.807, 2.05) is 72.6 Å². The molecule has 5 rings (SSSR count). The average Bonchev–Trinajstić information content (AvgIpc) is 3.12. The van der Waals surface area contributed by atoms with Gasteiger partial charge in [-0.15, -0.1) is 0 Å². The number of hydrogen-bond donors (Lipinski definition) is 1. The van der Waals surface area contributed by atoms with Crippen molar-refractivity contribution in [2.75, 3.05) is 33.2 Å². The fourth-order valence-corrected chi connectivity index (χ4v) is 6.10. The van der Waals surface area contributed by atoms with Crippen LogP contribution in [0.5, 0.6) is 0 Å². The summed E-state index contributed by atoms with van der Waals surface area (Å²) in [5.41, 5.74) is 1.49. The third-order valence-corrected chi connectivity index (χ3v) is 8.04. The molecule has 176 valence electrons.